The van der Waals surface area contributed by atoms with E-state index in [2.05, 4.69) is 15.7 Å². The van der Waals surface area contributed by atoms with Crippen LogP contribution < -0.4 is 16.6 Å². The molecule has 4 N–H and O–H groups in total. The SMILES string of the molecule is N#Cc1cc(NC(=O)c2cnc(NN)c(Cl)c2)ccc1F. The van der Waals surface area contributed by atoms with Crippen molar-refractivity contribution in [3.8, 4) is 6.07 Å². The Hall–Kier alpha value is -2.69. The number of nitrogens with one attached hydrogen (secondary N) is 2. The van der Waals surface area contributed by atoms with E-state index in [4.69, 9.17) is 22.7 Å². The van der Waals surface area contributed by atoms with Crippen LogP contribution in [0.15, 0.2) is 30.5 Å². The molecule has 106 valence electrons. The van der Waals surface area contributed by atoms with Crippen LogP contribution in [-0.2, 0) is 0 Å². The van der Waals surface area contributed by atoms with Crippen molar-refractivity contribution in [2.24, 2.45) is 5.84 Å². The fourth-order valence-electron chi connectivity index (χ4n) is 1.56. The number of hydrogen-bond donors (Lipinski definition) is 3. The highest BCUT2D eigenvalue weighted by Gasteiger charge is 2.11. The van der Waals surface area contributed by atoms with Gasteiger partial charge in [-0.2, -0.15) is 5.26 Å². The zero-order chi connectivity index (χ0) is 15.4. The number of nitrogens with two attached hydrogens (primary N) is 1. The first-order valence-corrected chi connectivity index (χ1v) is 6.06. The van der Waals surface area contributed by atoms with E-state index in [1.54, 1.807) is 6.07 Å². The van der Waals surface area contributed by atoms with Gasteiger partial charge in [0.15, 0.2) is 5.82 Å². The Kier molecular flexibility index (Phi) is 4.33. The van der Waals surface area contributed by atoms with Gasteiger partial charge in [-0.1, -0.05) is 11.6 Å². The maximum absolute atomic E-state index is 13.2. The third kappa shape index (κ3) is 3.25. The highest BCUT2D eigenvalue weighted by Crippen LogP contribution is 2.20. The zero-order valence-corrected chi connectivity index (χ0v) is 11.3. The van der Waals surface area contributed by atoms with Gasteiger partial charge >= 0.3 is 0 Å². The number of rotatable bonds is 3. The van der Waals surface area contributed by atoms with Crippen LogP contribution in [0.1, 0.15) is 15.9 Å². The number of pyridine rings is 1. The van der Waals surface area contributed by atoms with E-state index < -0.39 is 11.7 Å². The summed E-state index contributed by atoms with van der Waals surface area (Å²) in [5, 5.41) is 11.4. The molecule has 8 heteroatoms. The second-order valence-corrected chi connectivity index (χ2v) is 4.37. The summed E-state index contributed by atoms with van der Waals surface area (Å²) < 4.78 is 13.2. The lowest BCUT2D eigenvalue weighted by Gasteiger charge is -2.07. The Bertz CT molecular complexity index is 744. The summed E-state index contributed by atoms with van der Waals surface area (Å²) in [6, 6.07) is 6.75. The molecule has 0 bridgehead atoms. The number of hydrazine groups is 1. The van der Waals surface area contributed by atoms with E-state index in [1.807, 2.05) is 0 Å². The predicted molar refractivity (Wildman–Crippen MR) is 76.1 cm³/mol. The van der Waals surface area contributed by atoms with E-state index in [1.165, 1.54) is 24.4 Å². The molecule has 0 saturated carbocycles. The van der Waals surface area contributed by atoms with Crippen LogP contribution in [0.4, 0.5) is 15.9 Å². The lowest BCUT2D eigenvalue weighted by atomic mass is 10.2. The number of hydrogen-bond acceptors (Lipinski definition) is 5. The number of carbonyl (C=O) groups excluding carboxylic acids is 1. The molecule has 1 amide bonds. The van der Waals surface area contributed by atoms with Crippen molar-refractivity contribution in [1.29, 1.82) is 5.26 Å². The van der Waals surface area contributed by atoms with Crippen LogP contribution >= 0.6 is 11.6 Å². The summed E-state index contributed by atoms with van der Waals surface area (Å²) >= 11 is 5.87. The number of halogens is 2. The molecule has 0 aliphatic heterocycles. The quantitative estimate of drug-likeness (QED) is 0.596. The molecular weight excluding hydrogens is 297 g/mol. The number of nitriles is 1. The molecule has 6 nitrogen and oxygen atoms in total. The lowest BCUT2D eigenvalue weighted by molar-refractivity contribution is 0.102. The molecule has 2 aromatic rings. The average Bonchev–Trinajstić information content (AvgIpc) is 2.49. The number of benzene rings is 1. The smallest absolute Gasteiger partial charge is 0.257 e. The first kappa shape index (κ1) is 14.7. The monoisotopic (exact) mass is 305 g/mol. The van der Waals surface area contributed by atoms with Crippen molar-refractivity contribution in [3.05, 3.63) is 52.4 Å². The van der Waals surface area contributed by atoms with Gasteiger partial charge in [-0.15, -0.1) is 0 Å². The third-order valence-electron chi connectivity index (χ3n) is 2.58. The van der Waals surface area contributed by atoms with Gasteiger partial charge in [0.2, 0.25) is 0 Å². The van der Waals surface area contributed by atoms with Gasteiger partial charge in [0.05, 0.1) is 16.1 Å². The number of amides is 1. The number of nitrogens with zero attached hydrogens (tertiary/aromatic N) is 2. The standard InChI is InChI=1S/C13H9ClFN5O/c14-10-4-8(6-18-12(10)20-17)13(21)19-9-1-2-11(15)7(3-9)5-16/h1-4,6H,17H2,(H,18,20)(H,19,21). The van der Waals surface area contributed by atoms with Crippen LogP contribution in [0.5, 0.6) is 0 Å². The van der Waals surface area contributed by atoms with Crippen LogP contribution in [0.25, 0.3) is 0 Å². The van der Waals surface area contributed by atoms with Gasteiger partial charge < -0.3 is 10.7 Å². The maximum atomic E-state index is 13.2. The number of anilines is 2. The molecular formula is C13H9ClFN5O. The lowest BCUT2D eigenvalue weighted by Crippen LogP contribution is -2.14. The van der Waals surface area contributed by atoms with Crippen molar-refractivity contribution < 1.29 is 9.18 Å². The fourth-order valence-corrected chi connectivity index (χ4v) is 1.78. The Morgan fingerprint density at radius 2 is 2.19 bits per heavy atom. The molecule has 0 saturated heterocycles. The van der Waals surface area contributed by atoms with E-state index in [0.29, 0.717) is 0 Å². The third-order valence-corrected chi connectivity index (χ3v) is 2.87. The summed E-state index contributed by atoms with van der Waals surface area (Å²) in [5.41, 5.74) is 2.60. The largest absolute Gasteiger partial charge is 0.322 e. The molecule has 0 aliphatic carbocycles. The predicted octanol–water partition coefficient (Wildman–Crippen LogP) is 2.28. The Morgan fingerprint density at radius 3 is 2.81 bits per heavy atom. The summed E-state index contributed by atoms with van der Waals surface area (Å²) in [4.78, 5) is 15.9. The summed E-state index contributed by atoms with van der Waals surface area (Å²) in [7, 11) is 0. The van der Waals surface area contributed by atoms with Gasteiger partial charge in [-0.3, -0.25) is 4.79 Å². The van der Waals surface area contributed by atoms with Gasteiger partial charge in [0.25, 0.3) is 5.91 Å². The number of carbonyl (C=O) groups is 1. The molecule has 21 heavy (non-hydrogen) atoms. The van der Waals surface area contributed by atoms with Gasteiger partial charge in [-0.05, 0) is 24.3 Å². The highest BCUT2D eigenvalue weighted by atomic mass is 35.5. The van der Waals surface area contributed by atoms with Crippen LogP contribution in [-0.4, -0.2) is 10.9 Å². The number of aromatic nitrogens is 1. The van der Waals surface area contributed by atoms with Gasteiger partial charge in [-0.25, -0.2) is 15.2 Å². The van der Waals surface area contributed by atoms with Gasteiger partial charge in [0, 0.05) is 11.9 Å². The second kappa shape index (κ2) is 6.17. The van der Waals surface area contributed by atoms with Crippen molar-refractivity contribution >= 4 is 29.0 Å². The molecule has 0 radical (unpaired) electrons. The minimum absolute atomic E-state index is 0.161. The van der Waals surface area contributed by atoms with E-state index in [9.17, 15) is 9.18 Å². The highest BCUT2D eigenvalue weighted by molar-refractivity contribution is 6.33. The Morgan fingerprint density at radius 1 is 1.43 bits per heavy atom. The summed E-state index contributed by atoms with van der Waals surface area (Å²) in [6.45, 7) is 0. The second-order valence-electron chi connectivity index (χ2n) is 3.96. The van der Waals surface area contributed by atoms with Crippen LogP contribution in [0, 0.1) is 17.1 Å². The summed E-state index contributed by atoms with van der Waals surface area (Å²) in [6.07, 6.45) is 1.28. The molecule has 0 spiro atoms. The molecule has 0 aliphatic rings. The Balaban J connectivity index is 2.22. The minimum atomic E-state index is -0.654. The maximum Gasteiger partial charge on any atom is 0.257 e. The van der Waals surface area contributed by atoms with E-state index in [0.717, 1.165) is 6.07 Å². The molecule has 2 rings (SSSR count). The van der Waals surface area contributed by atoms with Crippen molar-refractivity contribution in [2.75, 3.05) is 10.7 Å². The molecule has 0 fully saturated rings. The van der Waals surface area contributed by atoms with Crippen molar-refractivity contribution in [1.82, 2.24) is 4.98 Å². The van der Waals surface area contributed by atoms with E-state index in [-0.39, 0.29) is 27.7 Å². The van der Waals surface area contributed by atoms with Crippen molar-refractivity contribution in [2.45, 2.75) is 0 Å². The normalized spacial score (nSPS) is 9.81. The molecule has 1 heterocycles. The summed E-state index contributed by atoms with van der Waals surface area (Å²) in [5.74, 6) is 4.27. The van der Waals surface area contributed by atoms with Crippen molar-refractivity contribution in [3.63, 3.8) is 0 Å². The molecule has 0 atom stereocenters. The minimum Gasteiger partial charge on any atom is -0.322 e. The van der Waals surface area contributed by atoms with Crippen LogP contribution in [0.2, 0.25) is 5.02 Å². The topological polar surface area (TPSA) is 104 Å². The first-order chi connectivity index (χ1) is 10.0. The fraction of sp³-hybridized carbons (Fsp3) is 0. The van der Waals surface area contributed by atoms with Crippen LogP contribution in [0.3, 0.4) is 0 Å². The van der Waals surface area contributed by atoms with Gasteiger partial charge in [0.1, 0.15) is 11.9 Å². The molecule has 0 unspecified atom stereocenters. The first-order valence-electron chi connectivity index (χ1n) is 5.68. The van der Waals surface area contributed by atoms with E-state index >= 15 is 0 Å². The average molecular weight is 306 g/mol. The number of nitrogen functional groups attached to an aromatic ring is 1. The zero-order valence-electron chi connectivity index (χ0n) is 10.5. The molecule has 1 aromatic heterocycles. The Labute approximate surface area is 124 Å². The molecule has 1 aromatic carbocycles.